The summed E-state index contributed by atoms with van der Waals surface area (Å²) in [6.45, 7) is 2.20. The number of fused-ring (bicyclic) bond motifs is 1. The van der Waals surface area contributed by atoms with Gasteiger partial charge >= 0.3 is 0 Å². The third-order valence-electron chi connectivity index (χ3n) is 4.01. The van der Waals surface area contributed by atoms with Crippen LogP contribution in [0.2, 0.25) is 0 Å². The smallest absolute Gasteiger partial charge is 0.151 e. The summed E-state index contributed by atoms with van der Waals surface area (Å²) in [5.74, 6) is 2.68. The first kappa shape index (κ1) is 15.0. The van der Waals surface area contributed by atoms with Gasteiger partial charge in [0.25, 0.3) is 0 Å². The molecule has 3 heteroatoms. The maximum absolute atomic E-state index is 12.7. The van der Waals surface area contributed by atoms with Crippen LogP contribution in [0.3, 0.4) is 0 Å². The molecule has 0 radical (unpaired) electrons. The van der Waals surface area contributed by atoms with Crippen molar-refractivity contribution in [1.82, 2.24) is 0 Å². The highest BCUT2D eigenvalue weighted by atomic mass is 32.2. The monoisotopic (exact) mass is 316 g/mol. The van der Waals surface area contributed by atoms with E-state index in [2.05, 4.69) is 49.4 Å². The van der Waals surface area contributed by atoms with Crippen molar-refractivity contribution < 1.29 is 4.79 Å². The Bertz CT molecular complexity index is 633. The van der Waals surface area contributed by atoms with Gasteiger partial charge in [-0.1, -0.05) is 49.4 Å². The van der Waals surface area contributed by atoms with Gasteiger partial charge < -0.3 is 0 Å². The molecule has 1 aliphatic rings. The van der Waals surface area contributed by atoms with Gasteiger partial charge in [0.05, 0.1) is 5.25 Å². The van der Waals surface area contributed by atoms with Crippen molar-refractivity contribution >= 4 is 40.1 Å². The van der Waals surface area contributed by atoms with Gasteiger partial charge in [0, 0.05) is 23.2 Å². The van der Waals surface area contributed by atoms with E-state index in [0.717, 1.165) is 12.2 Å². The molecule has 0 spiro atoms. The van der Waals surface area contributed by atoms with Gasteiger partial charge in [0.2, 0.25) is 0 Å². The molecule has 2 unspecified atom stereocenters. The molecule has 0 bridgehead atoms. The minimum absolute atomic E-state index is 0.174. The van der Waals surface area contributed by atoms with Crippen LogP contribution >= 0.6 is 23.5 Å². The van der Waals surface area contributed by atoms with Gasteiger partial charge in [-0.3, -0.25) is 4.79 Å². The van der Waals surface area contributed by atoms with Gasteiger partial charge in [0.15, 0.2) is 5.78 Å². The SMILES string of the molecule is CCC1SCCSC1C(=O)Cc1cccc2ccccc12. The maximum Gasteiger partial charge on any atom is 0.151 e. The van der Waals surface area contributed by atoms with E-state index in [1.165, 1.54) is 22.1 Å². The molecule has 1 saturated heterocycles. The average Bonchev–Trinajstić information content (AvgIpc) is 2.55. The van der Waals surface area contributed by atoms with E-state index in [-0.39, 0.29) is 5.25 Å². The molecule has 0 amide bonds. The number of carbonyl (C=O) groups excluding carboxylic acids is 1. The zero-order valence-electron chi connectivity index (χ0n) is 12.2. The van der Waals surface area contributed by atoms with Crippen molar-refractivity contribution in [3.63, 3.8) is 0 Å². The average molecular weight is 316 g/mol. The van der Waals surface area contributed by atoms with Gasteiger partial charge in [-0.15, -0.1) is 11.8 Å². The van der Waals surface area contributed by atoms with Crippen LogP contribution in [0.15, 0.2) is 42.5 Å². The molecule has 2 aromatic carbocycles. The van der Waals surface area contributed by atoms with E-state index in [0.29, 0.717) is 17.5 Å². The number of hydrogen-bond donors (Lipinski definition) is 0. The molecular weight excluding hydrogens is 296 g/mol. The molecule has 1 nitrogen and oxygen atoms in total. The number of Topliss-reactive ketones (excluding diaryl/α,β-unsaturated/α-hetero) is 1. The Morgan fingerprint density at radius 1 is 1.10 bits per heavy atom. The lowest BCUT2D eigenvalue weighted by Crippen LogP contribution is -2.33. The van der Waals surface area contributed by atoms with Crippen molar-refractivity contribution in [3.05, 3.63) is 48.0 Å². The van der Waals surface area contributed by atoms with Gasteiger partial charge in [-0.25, -0.2) is 0 Å². The summed E-state index contributed by atoms with van der Waals surface area (Å²) >= 11 is 3.83. The van der Waals surface area contributed by atoms with E-state index in [9.17, 15) is 4.79 Å². The molecule has 2 aromatic rings. The summed E-state index contributed by atoms with van der Waals surface area (Å²) in [7, 11) is 0. The lowest BCUT2D eigenvalue weighted by molar-refractivity contribution is -0.117. The molecule has 0 N–H and O–H groups in total. The molecule has 1 fully saturated rings. The molecular formula is C18H20OS2. The summed E-state index contributed by atoms with van der Waals surface area (Å²) in [5.41, 5.74) is 1.17. The zero-order valence-corrected chi connectivity index (χ0v) is 13.9. The second kappa shape index (κ2) is 6.89. The topological polar surface area (TPSA) is 17.1 Å². The fraction of sp³-hybridized carbons (Fsp3) is 0.389. The van der Waals surface area contributed by atoms with Crippen LogP contribution in [0.4, 0.5) is 0 Å². The summed E-state index contributed by atoms with van der Waals surface area (Å²) in [6.07, 6.45) is 1.65. The zero-order chi connectivity index (χ0) is 14.7. The van der Waals surface area contributed by atoms with Crippen LogP contribution in [0.5, 0.6) is 0 Å². The summed E-state index contributed by atoms with van der Waals surface area (Å²) in [4.78, 5) is 12.7. The Labute approximate surface area is 134 Å². The first-order chi connectivity index (χ1) is 10.3. The van der Waals surface area contributed by atoms with Crippen LogP contribution in [0.1, 0.15) is 18.9 Å². The number of benzene rings is 2. The number of thioether (sulfide) groups is 2. The van der Waals surface area contributed by atoms with Crippen molar-refractivity contribution in [2.45, 2.75) is 30.3 Å². The summed E-state index contributed by atoms with van der Waals surface area (Å²) < 4.78 is 0. The van der Waals surface area contributed by atoms with Crippen molar-refractivity contribution in [3.8, 4) is 0 Å². The van der Waals surface area contributed by atoms with Crippen LogP contribution in [0.25, 0.3) is 10.8 Å². The van der Waals surface area contributed by atoms with Gasteiger partial charge in [-0.05, 0) is 22.8 Å². The van der Waals surface area contributed by atoms with Crippen LogP contribution in [-0.2, 0) is 11.2 Å². The largest absolute Gasteiger partial charge is 0.298 e. The Balaban J connectivity index is 1.83. The van der Waals surface area contributed by atoms with E-state index in [4.69, 9.17) is 0 Å². The molecule has 0 aromatic heterocycles. The van der Waals surface area contributed by atoms with Crippen LogP contribution in [-0.4, -0.2) is 27.8 Å². The molecule has 110 valence electrons. The Morgan fingerprint density at radius 3 is 2.71 bits per heavy atom. The third kappa shape index (κ3) is 3.29. The standard InChI is InChI=1S/C18H20OS2/c1-2-17-18(21-11-10-20-17)16(19)12-14-8-5-7-13-6-3-4-9-15(13)14/h3-9,17-18H,2,10-12H2,1H3. The molecule has 1 aliphatic heterocycles. The van der Waals surface area contributed by atoms with Gasteiger partial charge in [0.1, 0.15) is 0 Å². The third-order valence-corrected chi connectivity index (χ3v) is 7.31. The first-order valence-electron chi connectivity index (χ1n) is 7.52. The minimum Gasteiger partial charge on any atom is -0.298 e. The predicted molar refractivity (Wildman–Crippen MR) is 95.4 cm³/mol. The van der Waals surface area contributed by atoms with Crippen molar-refractivity contribution in [2.75, 3.05) is 11.5 Å². The first-order valence-corrected chi connectivity index (χ1v) is 9.62. The van der Waals surface area contributed by atoms with Crippen molar-refractivity contribution in [1.29, 1.82) is 0 Å². The van der Waals surface area contributed by atoms with Crippen LogP contribution in [0, 0.1) is 0 Å². The minimum atomic E-state index is 0.174. The molecule has 0 aliphatic carbocycles. The van der Waals surface area contributed by atoms with E-state index in [1.807, 2.05) is 23.5 Å². The van der Waals surface area contributed by atoms with Gasteiger partial charge in [-0.2, -0.15) is 11.8 Å². The fourth-order valence-electron chi connectivity index (χ4n) is 2.94. The molecule has 1 heterocycles. The lowest BCUT2D eigenvalue weighted by Gasteiger charge is -2.28. The Hall–Kier alpha value is -0.930. The number of hydrogen-bond acceptors (Lipinski definition) is 3. The fourth-order valence-corrected chi connectivity index (χ4v) is 5.97. The number of carbonyl (C=O) groups is 1. The lowest BCUT2D eigenvalue weighted by atomic mass is 9.98. The highest BCUT2D eigenvalue weighted by Gasteiger charge is 2.30. The highest BCUT2D eigenvalue weighted by Crippen LogP contribution is 2.34. The number of rotatable bonds is 4. The number of ketones is 1. The highest BCUT2D eigenvalue weighted by molar-refractivity contribution is 8.07. The molecule has 21 heavy (non-hydrogen) atoms. The second-order valence-corrected chi connectivity index (χ2v) is 7.99. The summed E-state index contributed by atoms with van der Waals surface area (Å²) in [6, 6.07) is 14.6. The van der Waals surface area contributed by atoms with Crippen molar-refractivity contribution in [2.24, 2.45) is 0 Å². The molecule has 2 atom stereocenters. The van der Waals surface area contributed by atoms with E-state index >= 15 is 0 Å². The van der Waals surface area contributed by atoms with E-state index in [1.54, 1.807) is 0 Å². The quantitative estimate of drug-likeness (QED) is 0.822. The molecule has 3 rings (SSSR count). The summed E-state index contributed by atoms with van der Waals surface area (Å²) in [5, 5.41) is 3.11. The van der Waals surface area contributed by atoms with Crippen LogP contribution < -0.4 is 0 Å². The van der Waals surface area contributed by atoms with E-state index < -0.39 is 0 Å². The Morgan fingerprint density at radius 2 is 1.86 bits per heavy atom. The maximum atomic E-state index is 12.7. The normalized spacial score (nSPS) is 22.3. The predicted octanol–water partition coefficient (Wildman–Crippen LogP) is 4.58. The molecule has 0 saturated carbocycles. The second-order valence-electron chi connectivity index (χ2n) is 5.39. The Kier molecular flexibility index (Phi) is 4.91.